The van der Waals surface area contributed by atoms with Gasteiger partial charge in [-0.15, -0.1) is 0 Å². The van der Waals surface area contributed by atoms with Crippen molar-refractivity contribution in [2.75, 3.05) is 26.2 Å². The highest BCUT2D eigenvalue weighted by molar-refractivity contribution is 5.76. The van der Waals surface area contributed by atoms with Crippen molar-refractivity contribution in [3.8, 4) is 11.8 Å². The normalized spacial score (nSPS) is 24.7. The first kappa shape index (κ1) is 23.9. The van der Waals surface area contributed by atoms with Crippen LogP contribution >= 0.6 is 0 Å². The van der Waals surface area contributed by atoms with Crippen LogP contribution in [0.2, 0.25) is 0 Å². The zero-order chi connectivity index (χ0) is 24.3. The lowest BCUT2D eigenvalue weighted by molar-refractivity contribution is -0.156. The van der Waals surface area contributed by atoms with Crippen molar-refractivity contribution in [3.63, 3.8) is 0 Å². The van der Waals surface area contributed by atoms with Gasteiger partial charge >= 0.3 is 5.97 Å². The van der Waals surface area contributed by atoms with E-state index in [1.54, 1.807) is 0 Å². The van der Waals surface area contributed by atoms with Gasteiger partial charge in [-0.2, -0.15) is 5.26 Å². The van der Waals surface area contributed by atoms with Crippen LogP contribution in [-0.2, 0) is 4.79 Å². The molecule has 1 unspecified atom stereocenters. The van der Waals surface area contributed by atoms with Crippen LogP contribution in [0, 0.1) is 28.1 Å². The van der Waals surface area contributed by atoms with Crippen molar-refractivity contribution in [2.24, 2.45) is 16.7 Å². The first-order valence-electron chi connectivity index (χ1n) is 13.1. The van der Waals surface area contributed by atoms with Gasteiger partial charge < -0.3 is 14.7 Å². The number of carbonyl (C=O) groups is 1. The SMILES string of the molecule is N#Cc1ccc(OCC2(CC[C@@H]3CC3c3ccccc3)CCN(CC3(C(=O)O)CCC3)CC2)cc1. The molecule has 0 radical (unpaired) electrons. The number of hydrogen-bond acceptors (Lipinski definition) is 4. The Morgan fingerprint density at radius 1 is 1.06 bits per heavy atom. The lowest BCUT2D eigenvalue weighted by Crippen LogP contribution is -2.51. The largest absolute Gasteiger partial charge is 0.493 e. The fourth-order valence-corrected chi connectivity index (χ4v) is 6.15. The summed E-state index contributed by atoms with van der Waals surface area (Å²) in [4.78, 5) is 14.3. The number of carboxylic acids is 1. The molecule has 0 aromatic heterocycles. The lowest BCUT2D eigenvalue weighted by atomic mass is 9.67. The zero-order valence-electron chi connectivity index (χ0n) is 20.5. The molecule has 1 heterocycles. The molecular weight excluding hydrogens is 436 g/mol. The van der Waals surface area contributed by atoms with Crippen molar-refractivity contribution in [2.45, 2.75) is 57.3 Å². The Labute approximate surface area is 208 Å². The monoisotopic (exact) mass is 472 g/mol. The average Bonchev–Trinajstić information content (AvgIpc) is 3.65. The van der Waals surface area contributed by atoms with Gasteiger partial charge in [-0.05, 0) is 99.7 Å². The van der Waals surface area contributed by atoms with E-state index in [2.05, 4.69) is 41.3 Å². The van der Waals surface area contributed by atoms with Crippen molar-refractivity contribution in [1.29, 1.82) is 5.26 Å². The van der Waals surface area contributed by atoms with Crippen LogP contribution in [0.3, 0.4) is 0 Å². The topological polar surface area (TPSA) is 73.6 Å². The quantitative estimate of drug-likeness (QED) is 0.469. The lowest BCUT2D eigenvalue weighted by Gasteiger charge is -2.46. The Morgan fingerprint density at radius 2 is 1.77 bits per heavy atom. The molecule has 184 valence electrons. The Morgan fingerprint density at radius 3 is 2.37 bits per heavy atom. The molecule has 2 aliphatic carbocycles. The number of hydrogen-bond donors (Lipinski definition) is 1. The molecule has 1 aliphatic heterocycles. The van der Waals surface area contributed by atoms with Crippen molar-refractivity contribution in [1.82, 2.24) is 4.90 Å². The predicted octanol–water partition coefficient (Wildman–Crippen LogP) is 5.86. The van der Waals surface area contributed by atoms with Crippen LogP contribution in [0.15, 0.2) is 54.6 Å². The van der Waals surface area contributed by atoms with E-state index >= 15 is 0 Å². The van der Waals surface area contributed by atoms with Gasteiger partial charge in [-0.25, -0.2) is 0 Å². The summed E-state index contributed by atoms with van der Waals surface area (Å²) in [5, 5.41) is 18.8. The molecule has 0 amide bonds. The van der Waals surface area contributed by atoms with Gasteiger partial charge in [0.1, 0.15) is 5.75 Å². The van der Waals surface area contributed by atoms with Crippen LogP contribution in [-0.4, -0.2) is 42.2 Å². The first-order chi connectivity index (χ1) is 17.0. The summed E-state index contributed by atoms with van der Waals surface area (Å²) >= 11 is 0. The predicted molar refractivity (Wildman–Crippen MR) is 135 cm³/mol. The second-order valence-corrected chi connectivity index (χ2v) is 11.2. The summed E-state index contributed by atoms with van der Waals surface area (Å²) in [5.74, 6) is 1.65. The van der Waals surface area contributed by atoms with Crippen molar-refractivity contribution < 1.29 is 14.6 Å². The maximum atomic E-state index is 11.9. The molecule has 5 rings (SSSR count). The molecule has 0 bridgehead atoms. The summed E-state index contributed by atoms with van der Waals surface area (Å²) in [6.07, 6.45) is 8.40. The van der Waals surface area contributed by atoms with Gasteiger partial charge in [0.15, 0.2) is 0 Å². The maximum absolute atomic E-state index is 11.9. The molecule has 5 nitrogen and oxygen atoms in total. The number of benzene rings is 2. The average molecular weight is 473 g/mol. The highest BCUT2D eigenvalue weighted by Crippen LogP contribution is 2.52. The van der Waals surface area contributed by atoms with Gasteiger partial charge in [0, 0.05) is 12.0 Å². The van der Waals surface area contributed by atoms with Gasteiger partial charge in [0.05, 0.1) is 23.7 Å². The summed E-state index contributed by atoms with van der Waals surface area (Å²) in [6.45, 7) is 3.25. The van der Waals surface area contributed by atoms with E-state index in [-0.39, 0.29) is 5.41 Å². The highest BCUT2D eigenvalue weighted by Gasteiger charge is 2.47. The molecule has 2 saturated carbocycles. The van der Waals surface area contributed by atoms with Crippen LogP contribution < -0.4 is 4.74 Å². The standard InChI is InChI=1S/C30H36N2O3/c31-20-23-7-9-26(10-8-23)35-22-29(14-11-25-19-27(25)24-5-2-1-3-6-24)15-17-32(18-16-29)21-30(28(33)34)12-4-13-30/h1-3,5-10,25,27H,4,11-19,21-22H2,(H,33,34)/t25-,27?/m1/s1. The molecule has 35 heavy (non-hydrogen) atoms. The molecule has 2 aromatic rings. The number of ether oxygens (including phenoxy) is 1. The summed E-state index contributed by atoms with van der Waals surface area (Å²) in [5.41, 5.74) is 1.71. The second kappa shape index (κ2) is 10.0. The van der Waals surface area contributed by atoms with Crippen LogP contribution in [0.1, 0.15) is 68.4 Å². The fourth-order valence-electron chi connectivity index (χ4n) is 6.15. The molecule has 1 saturated heterocycles. The Bertz CT molecular complexity index is 1050. The minimum absolute atomic E-state index is 0.115. The third-order valence-corrected chi connectivity index (χ3v) is 8.93. The van der Waals surface area contributed by atoms with Gasteiger partial charge in [-0.3, -0.25) is 4.79 Å². The third kappa shape index (κ3) is 5.38. The molecule has 0 spiro atoms. The summed E-state index contributed by atoms with van der Waals surface area (Å²) in [7, 11) is 0. The Kier molecular flexibility index (Phi) is 6.84. The summed E-state index contributed by atoms with van der Waals surface area (Å²) < 4.78 is 6.30. The van der Waals surface area contributed by atoms with Crippen molar-refractivity contribution in [3.05, 3.63) is 65.7 Å². The maximum Gasteiger partial charge on any atom is 0.310 e. The highest BCUT2D eigenvalue weighted by atomic mass is 16.5. The number of aliphatic carboxylic acids is 1. The number of nitriles is 1. The Hall–Kier alpha value is -2.84. The Balaban J connectivity index is 1.21. The van der Waals surface area contributed by atoms with Crippen molar-refractivity contribution >= 4 is 5.97 Å². The van der Waals surface area contributed by atoms with Crippen LogP contribution in [0.5, 0.6) is 5.75 Å². The van der Waals surface area contributed by atoms with E-state index in [1.165, 1.54) is 18.4 Å². The van der Waals surface area contributed by atoms with Gasteiger partial charge in [0.2, 0.25) is 0 Å². The number of rotatable bonds is 10. The van der Waals surface area contributed by atoms with Crippen LogP contribution in [0.4, 0.5) is 0 Å². The molecular formula is C30H36N2O3. The minimum atomic E-state index is -0.620. The van der Waals surface area contributed by atoms with E-state index in [0.717, 1.165) is 63.3 Å². The smallest absolute Gasteiger partial charge is 0.310 e. The van der Waals surface area contributed by atoms with Crippen LogP contribution in [0.25, 0.3) is 0 Å². The minimum Gasteiger partial charge on any atom is -0.493 e. The van der Waals surface area contributed by atoms with Gasteiger partial charge in [0.25, 0.3) is 0 Å². The molecule has 2 aromatic carbocycles. The number of piperidine rings is 1. The molecule has 1 N–H and O–H groups in total. The number of nitrogens with zero attached hydrogens (tertiary/aromatic N) is 2. The molecule has 3 aliphatic rings. The van der Waals surface area contributed by atoms with Gasteiger partial charge in [-0.1, -0.05) is 36.8 Å². The number of carboxylic acid groups (broad SMARTS) is 1. The molecule has 3 fully saturated rings. The summed E-state index contributed by atoms with van der Waals surface area (Å²) in [6, 6.07) is 20.4. The zero-order valence-corrected chi connectivity index (χ0v) is 20.5. The van der Waals surface area contributed by atoms with E-state index in [0.29, 0.717) is 24.6 Å². The first-order valence-corrected chi connectivity index (χ1v) is 13.1. The molecule has 5 heteroatoms. The van der Waals surface area contributed by atoms with E-state index in [4.69, 9.17) is 10.00 Å². The second-order valence-electron chi connectivity index (χ2n) is 11.2. The molecule has 2 atom stereocenters. The number of likely N-dealkylation sites (tertiary alicyclic amines) is 1. The van der Waals surface area contributed by atoms with E-state index in [1.807, 2.05) is 24.3 Å². The van der Waals surface area contributed by atoms with E-state index < -0.39 is 11.4 Å². The third-order valence-electron chi connectivity index (χ3n) is 8.93. The fraction of sp³-hybridized carbons (Fsp3) is 0.533. The van der Waals surface area contributed by atoms with E-state index in [9.17, 15) is 9.90 Å².